The summed E-state index contributed by atoms with van der Waals surface area (Å²) in [6.45, 7) is 5.05. The molecule has 0 saturated carbocycles. The van der Waals surface area contributed by atoms with E-state index in [9.17, 15) is 4.79 Å². The van der Waals surface area contributed by atoms with Gasteiger partial charge in [-0.3, -0.25) is 4.79 Å². The second kappa shape index (κ2) is 11.0. The first-order valence-corrected chi connectivity index (χ1v) is 10.6. The van der Waals surface area contributed by atoms with E-state index in [0.29, 0.717) is 25.1 Å². The summed E-state index contributed by atoms with van der Waals surface area (Å²) in [5.74, 6) is 1.54. The lowest BCUT2D eigenvalue weighted by atomic mass is 10.1. The number of nitrogens with zero attached hydrogens (tertiary/aromatic N) is 2. The van der Waals surface area contributed by atoms with Gasteiger partial charge in [-0.1, -0.05) is 30.3 Å². The molecule has 5 nitrogen and oxygen atoms in total. The Hall–Kier alpha value is -3.52. The van der Waals surface area contributed by atoms with Crippen LogP contribution in [-0.4, -0.2) is 23.5 Å². The number of nitriles is 1. The van der Waals surface area contributed by atoms with Crippen molar-refractivity contribution in [3.8, 4) is 23.1 Å². The maximum absolute atomic E-state index is 13.3. The van der Waals surface area contributed by atoms with Gasteiger partial charge in [0, 0.05) is 35.7 Å². The molecule has 160 valence electrons. The van der Waals surface area contributed by atoms with E-state index in [-0.39, 0.29) is 11.9 Å². The molecule has 3 rings (SSSR count). The average Bonchev–Trinajstić information content (AvgIpc) is 3.32. The Bertz CT molecular complexity index is 1000. The zero-order valence-electron chi connectivity index (χ0n) is 18.1. The van der Waals surface area contributed by atoms with Crippen molar-refractivity contribution in [2.45, 2.75) is 45.7 Å². The van der Waals surface area contributed by atoms with Crippen molar-refractivity contribution >= 4 is 5.91 Å². The summed E-state index contributed by atoms with van der Waals surface area (Å²) in [6.07, 6.45) is 3.83. The number of benzene rings is 2. The second-order valence-electron chi connectivity index (χ2n) is 7.65. The molecule has 0 spiro atoms. The third kappa shape index (κ3) is 5.99. The van der Waals surface area contributed by atoms with Crippen LogP contribution >= 0.6 is 0 Å². The molecule has 0 N–H and O–H groups in total. The lowest BCUT2D eigenvalue weighted by Crippen LogP contribution is -2.36. The van der Waals surface area contributed by atoms with Crippen LogP contribution in [0.4, 0.5) is 0 Å². The third-order valence-electron chi connectivity index (χ3n) is 5.08. The summed E-state index contributed by atoms with van der Waals surface area (Å²) in [5, 5.41) is 8.65. The Morgan fingerprint density at radius 3 is 2.52 bits per heavy atom. The van der Waals surface area contributed by atoms with E-state index in [1.54, 1.807) is 6.26 Å². The summed E-state index contributed by atoms with van der Waals surface area (Å²) in [6, 6.07) is 21.2. The topological polar surface area (TPSA) is 66.5 Å². The molecule has 0 aliphatic heterocycles. The predicted molar refractivity (Wildman–Crippen MR) is 121 cm³/mol. The second-order valence-corrected chi connectivity index (χ2v) is 7.65. The standard InChI is InChI=1S/C26H28N2O3/c1-20(2)28(19-23-9-4-5-10-25(23)30-17-7-3-6-16-27)26(29)22-14-12-21(13-15-22)24-11-8-18-31-24/h4-5,8-15,18,20H,3,6-7,17,19H2,1-2H3. The van der Waals surface area contributed by atoms with Gasteiger partial charge in [0.1, 0.15) is 11.5 Å². The molecular formula is C26H28N2O3. The predicted octanol–water partition coefficient (Wildman–Crippen LogP) is 6.07. The minimum atomic E-state index is -0.0233. The zero-order chi connectivity index (χ0) is 22.1. The van der Waals surface area contributed by atoms with E-state index in [2.05, 4.69) is 6.07 Å². The number of hydrogen-bond acceptors (Lipinski definition) is 4. The highest BCUT2D eigenvalue weighted by Crippen LogP contribution is 2.24. The van der Waals surface area contributed by atoms with Gasteiger partial charge >= 0.3 is 0 Å². The van der Waals surface area contributed by atoms with Crippen LogP contribution in [0.3, 0.4) is 0 Å². The molecule has 2 aromatic carbocycles. The van der Waals surface area contributed by atoms with Crippen LogP contribution in [0.15, 0.2) is 71.3 Å². The molecule has 0 saturated heterocycles. The lowest BCUT2D eigenvalue weighted by Gasteiger charge is -2.28. The van der Waals surface area contributed by atoms with Crippen LogP contribution < -0.4 is 4.74 Å². The van der Waals surface area contributed by atoms with Crippen LogP contribution in [0.25, 0.3) is 11.3 Å². The number of carbonyl (C=O) groups is 1. The molecule has 0 radical (unpaired) electrons. The molecule has 31 heavy (non-hydrogen) atoms. The van der Waals surface area contributed by atoms with Crippen molar-refractivity contribution in [1.82, 2.24) is 4.90 Å². The number of para-hydroxylation sites is 1. The van der Waals surface area contributed by atoms with E-state index in [1.165, 1.54) is 0 Å². The molecule has 1 heterocycles. The number of amides is 1. The summed E-state index contributed by atoms with van der Waals surface area (Å²) in [7, 11) is 0. The van der Waals surface area contributed by atoms with Crippen LogP contribution in [0.5, 0.6) is 5.75 Å². The molecule has 0 aliphatic rings. The largest absolute Gasteiger partial charge is 0.493 e. The minimum Gasteiger partial charge on any atom is -0.493 e. The van der Waals surface area contributed by atoms with Crippen LogP contribution in [-0.2, 0) is 6.54 Å². The van der Waals surface area contributed by atoms with Crippen molar-refractivity contribution in [3.63, 3.8) is 0 Å². The molecule has 0 aliphatic carbocycles. The highest BCUT2D eigenvalue weighted by molar-refractivity contribution is 5.94. The smallest absolute Gasteiger partial charge is 0.254 e. The highest BCUT2D eigenvalue weighted by Gasteiger charge is 2.21. The molecule has 1 amide bonds. The van der Waals surface area contributed by atoms with E-state index < -0.39 is 0 Å². The molecule has 0 fully saturated rings. The molecule has 0 bridgehead atoms. The number of ether oxygens (including phenoxy) is 1. The normalized spacial score (nSPS) is 10.6. The Labute approximate surface area is 183 Å². The fourth-order valence-electron chi connectivity index (χ4n) is 3.32. The van der Waals surface area contributed by atoms with Crippen LogP contribution in [0, 0.1) is 11.3 Å². The van der Waals surface area contributed by atoms with Crippen LogP contribution in [0.2, 0.25) is 0 Å². The first-order chi connectivity index (χ1) is 15.1. The van der Waals surface area contributed by atoms with Crippen LogP contribution in [0.1, 0.15) is 49.0 Å². The Morgan fingerprint density at radius 1 is 1.06 bits per heavy atom. The molecule has 3 aromatic rings. The van der Waals surface area contributed by atoms with E-state index >= 15 is 0 Å². The summed E-state index contributed by atoms with van der Waals surface area (Å²) in [5.41, 5.74) is 2.55. The maximum Gasteiger partial charge on any atom is 0.254 e. The third-order valence-corrected chi connectivity index (χ3v) is 5.08. The molecule has 1 aromatic heterocycles. The van der Waals surface area contributed by atoms with Gasteiger partial charge in [-0.05, 0) is 57.0 Å². The number of rotatable bonds is 10. The Kier molecular flexibility index (Phi) is 7.89. The van der Waals surface area contributed by atoms with Gasteiger partial charge in [0.15, 0.2) is 0 Å². The minimum absolute atomic E-state index is 0.0233. The number of carbonyl (C=O) groups excluding carboxylic acids is 1. The van der Waals surface area contributed by atoms with E-state index in [1.807, 2.05) is 79.4 Å². The first kappa shape index (κ1) is 22.2. The average molecular weight is 417 g/mol. The van der Waals surface area contributed by atoms with Gasteiger partial charge in [-0.15, -0.1) is 0 Å². The zero-order valence-corrected chi connectivity index (χ0v) is 18.1. The SMILES string of the molecule is CC(C)N(Cc1ccccc1OCCCCC#N)C(=O)c1ccc(-c2ccco2)cc1. The van der Waals surface area contributed by atoms with Gasteiger partial charge < -0.3 is 14.1 Å². The van der Waals surface area contributed by atoms with Crippen molar-refractivity contribution in [3.05, 3.63) is 78.1 Å². The van der Waals surface area contributed by atoms with E-state index in [4.69, 9.17) is 14.4 Å². The molecule has 0 unspecified atom stereocenters. The van der Waals surface area contributed by atoms with Gasteiger partial charge in [-0.2, -0.15) is 5.26 Å². The van der Waals surface area contributed by atoms with Gasteiger partial charge in [0.05, 0.1) is 18.9 Å². The fraction of sp³-hybridized carbons (Fsp3) is 0.308. The van der Waals surface area contributed by atoms with Crippen molar-refractivity contribution in [2.24, 2.45) is 0 Å². The molecular weight excluding hydrogens is 388 g/mol. The first-order valence-electron chi connectivity index (χ1n) is 10.6. The monoisotopic (exact) mass is 416 g/mol. The van der Waals surface area contributed by atoms with Crippen molar-refractivity contribution < 1.29 is 13.9 Å². The van der Waals surface area contributed by atoms with Gasteiger partial charge in [-0.25, -0.2) is 0 Å². The highest BCUT2D eigenvalue weighted by atomic mass is 16.5. The maximum atomic E-state index is 13.3. The quantitative estimate of drug-likeness (QED) is 0.376. The number of hydrogen-bond donors (Lipinski definition) is 0. The summed E-state index contributed by atoms with van der Waals surface area (Å²) in [4.78, 5) is 15.1. The van der Waals surface area contributed by atoms with E-state index in [0.717, 1.165) is 35.5 Å². The molecule has 0 atom stereocenters. The fourth-order valence-corrected chi connectivity index (χ4v) is 3.32. The van der Waals surface area contributed by atoms with Crippen molar-refractivity contribution in [2.75, 3.05) is 6.61 Å². The van der Waals surface area contributed by atoms with Gasteiger partial charge in [0.2, 0.25) is 0 Å². The summed E-state index contributed by atoms with van der Waals surface area (Å²) < 4.78 is 11.4. The van der Waals surface area contributed by atoms with Gasteiger partial charge in [0.25, 0.3) is 5.91 Å². The number of furan rings is 1. The summed E-state index contributed by atoms with van der Waals surface area (Å²) >= 11 is 0. The number of unbranched alkanes of at least 4 members (excludes halogenated alkanes) is 2. The Morgan fingerprint density at radius 2 is 1.84 bits per heavy atom. The molecule has 5 heteroatoms. The van der Waals surface area contributed by atoms with Crippen molar-refractivity contribution in [1.29, 1.82) is 5.26 Å². The Balaban J connectivity index is 1.71. The lowest BCUT2D eigenvalue weighted by molar-refractivity contribution is 0.0688.